The average Bonchev–Trinajstić information content (AvgIpc) is 3.32. The third-order valence-electron chi connectivity index (χ3n) is 5.04. The molecule has 154 valence electrons. The van der Waals surface area contributed by atoms with E-state index >= 15 is 0 Å². The van der Waals surface area contributed by atoms with E-state index in [-0.39, 0.29) is 5.91 Å². The Morgan fingerprint density at radius 1 is 0.871 bits per heavy atom. The molecule has 1 aromatic heterocycles. The fourth-order valence-electron chi connectivity index (χ4n) is 3.58. The summed E-state index contributed by atoms with van der Waals surface area (Å²) in [5.41, 5.74) is 5.73. The number of rotatable bonds is 7. The molecule has 1 amide bonds. The van der Waals surface area contributed by atoms with Gasteiger partial charge in [-0.25, -0.2) is 4.98 Å². The summed E-state index contributed by atoms with van der Waals surface area (Å²) in [5, 5.41) is 4.73. The molecule has 0 aliphatic heterocycles. The number of hydrogen-bond donors (Lipinski definition) is 1. The van der Waals surface area contributed by atoms with Crippen molar-refractivity contribution in [2.24, 2.45) is 0 Å². The van der Waals surface area contributed by atoms with Gasteiger partial charge in [0, 0.05) is 7.05 Å². The maximum atomic E-state index is 12.1. The molecule has 0 aliphatic carbocycles. The predicted octanol–water partition coefficient (Wildman–Crippen LogP) is 6.20. The summed E-state index contributed by atoms with van der Waals surface area (Å²) in [7, 11) is 1.62. The number of carbonyl (C=O) groups is 1. The van der Waals surface area contributed by atoms with E-state index in [1.54, 1.807) is 24.3 Å². The van der Waals surface area contributed by atoms with Crippen molar-refractivity contribution >= 4 is 35.1 Å². The van der Waals surface area contributed by atoms with Gasteiger partial charge in [0.25, 0.3) is 5.91 Å². The number of benzene rings is 3. The number of thioether (sulfide) groups is 1. The maximum Gasteiger partial charge on any atom is 0.271 e. The number of nitrogens with one attached hydrogen (secondary N) is 1. The first-order valence-corrected chi connectivity index (χ1v) is 11.7. The molecule has 4 aromatic rings. The van der Waals surface area contributed by atoms with Gasteiger partial charge in [0.1, 0.15) is 5.69 Å². The zero-order chi connectivity index (χ0) is 21.5. The summed E-state index contributed by atoms with van der Waals surface area (Å²) in [6.45, 7) is 0. The Morgan fingerprint density at radius 3 is 1.81 bits per heavy atom. The van der Waals surface area contributed by atoms with Gasteiger partial charge in [-0.3, -0.25) is 4.79 Å². The van der Waals surface area contributed by atoms with Crippen LogP contribution < -0.4 is 5.32 Å². The molecule has 0 saturated heterocycles. The Hall–Kier alpha value is -3.15. The Bertz CT molecular complexity index is 1060. The monoisotopic (exact) mass is 442 g/mol. The number of nitrogens with zero attached hydrogens (tertiary/aromatic N) is 1. The van der Waals surface area contributed by atoms with E-state index in [0.29, 0.717) is 5.69 Å². The van der Waals surface area contributed by atoms with Crippen LogP contribution in [0.5, 0.6) is 0 Å². The quantitative estimate of drug-likeness (QED) is 0.347. The van der Waals surface area contributed by atoms with Crippen molar-refractivity contribution in [2.75, 3.05) is 7.05 Å². The average molecular weight is 443 g/mol. The zero-order valence-corrected chi connectivity index (χ0v) is 18.7. The topological polar surface area (TPSA) is 42.0 Å². The van der Waals surface area contributed by atoms with Gasteiger partial charge in [-0.1, -0.05) is 91.0 Å². The number of amides is 1. The standard InChI is InChI=1S/C26H22N2OS2/c1-27-25(29)24-23(30-19-28-24)17-18-31-26(20-11-5-2-6-12-20,21-13-7-3-8-14-21)22-15-9-4-10-16-22/h2-19H,1H3,(H,27,29)/b18-17-. The van der Waals surface area contributed by atoms with Crippen molar-refractivity contribution < 1.29 is 4.79 Å². The normalized spacial score (nSPS) is 11.5. The van der Waals surface area contributed by atoms with E-state index in [1.165, 1.54) is 28.0 Å². The van der Waals surface area contributed by atoms with Gasteiger partial charge in [-0.05, 0) is 28.2 Å². The lowest BCUT2D eigenvalue weighted by Crippen LogP contribution is -2.24. The van der Waals surface area contributed by atoms with Crippen LogP contribution in [0.3, 0.4) is 0 Å². The first kappa shape index (κ1) is 21.1. The highest BCUT2D eigenvalue weighted by atomic mass is 32.2. The van der Waals surface area contributed by atoms with E-state index in [4.69, 9.17) is 0 Å². The lowest BCUT2D eigenvalue weighted by Gasteiger charge is -2.34. The Morgan fingerprint density at radius 2 is 1.35 bits per heavy atom. The second-order valence-corrected chi connectivity index (χ2v) is 8.85. The van der Waals surface area contributed by atoms with Gasteiger partial charge >= 0.3 is 0 Å². The summed E-state index contributed by atoms with van der Waals surface area (Å²) in [6, 6.07) is 31.6. The lowest BCUT2D eigenvalue weighted by molar-refractivity contribution is 0.0958. The molecule has 0 atom stereocenters. The molecule has 1 N–H and O–H groups in total. The molecule has 0 aliphatic rings. The largest absolute Gasteiger partial charge is 0.354 e. The molecule has 5 heteroatoms. The fourth-order valence-corrected chi connectivity index (χ4v) is 5.57. The zero-order valence-electron chi connectivity index (χ0n) is 17.1. The molecule has 0 spiro atoms. The first-order valence-electron chi connectivity index (χ1n) is 9.92. The van der Waals surface area contributed by atoms with Crippen LogP contribution in [0, 0.1) is 0 Å². The van der Waals surface area contributed by atoms with Crippen LogP contribution in [-0.2, 0) is 4.75 Å². The van der Waals surface area contributed by atoms with Crippen LogP contribution >= 0.6 is 23.1 Å². The molecule has 0 radical (unpaired) electrons. The molecule has 0 saturated carbocycles. The molecule has 0 bridgehead atoms. The van der Waals surface area contributed by atoms with Crippen molar-refractivity contribution in [3.63, 3.8) is 0 Å². The smallest absolute Gasteiger partial charge is 0.271 e. The van der Waals surface area contributed by atoms with Crippen molar-refractivity contribution in [1.82, 2.24) is 10.3 Å². The SMILES string of the molecule is CNC(=O)c1ncsc1/C=C\SC(c1ccccc1)(c1ccccc1)c1ccccc1. The van der Waals surface area contributed by atoms with Crippen molar-refractivity contribution in [2.45, 2.75) is 4.75 Å². The highest BCUT2D eigenvalue weighted by molar-refractivity contribution is 8.03. The van der Waals surface area contributed by atoms with Crippen molar-refractivity contribution in [1.29, 1.82) is 0 Å². The molecular weight excluding hydrogens is 420 g/mol. The number of hydrogen-bond acceptors (Lipinski definition) is 4. The molecule has 3 aromatic carbocycles. The minimum Gasteiger partial charge on any atom is -0.354 e. The fraction of sp³-hybridized carbons (Fsp3) is 0.0769. The van der Waals surface area contributed by atoms with Crippen LogP contribution in [0.15, 0.2) is 102 Å². The number of carbonyl (C=O) groups excluding carboxylic acids is 1. The highest BCUT2D eigenvalue weighted by Crippen LogP contribution is 2.49. The minimum absolute atomic E-state index is 0.175. The van der Waals surface area contributed by atoms with Gasteiger partial charge in [-0.15, -0.1) is 23.1 Å². The second kappa shape index (κ2) is 9.77. The van der Waals surface area contributed by atoms with Gasteiger partial charge < -0.3 is 5.32 Å². The molecule has 0 fully saturated rings. The lowest BCUT2D eigenvalue weighted by atomic mass is 9.84. The molecule has 0 unspecified atom stereocenters. The van der Waals surface area contributed by atoms with Gasteiger partial charge in [-0.2, -0.15) is 0 Å². The van der Waals surface area contributed by atoms with Crippen LogP contribution in [0.4, 0.5) is 0 Å². The van der Waals surface area contributed by atoms with Crippen LogP contribution in [0.25, 0.3) is 6.08 Å². The Kier molecular flexibility index (Phi) is 6.65. The molecule has 4 rings (SSSR count). The summed E-state index contributed by atoms with van der Waals surface area (Å²) < 4.78 is -0.432. The van der Waals surface area contributed by atoms with E-state index in [0.717, 1.165) is 4.88 Å². The highest BCUT2D eigenvalue weighted by Gasteiger charge is 2.36. The van der Waals surface area contributed by atoms with E-state index in [2.05, 4.69) is 88.5 Å². The maximum absolute atomic E-state index is 12.1. The second-order valence-electron chi connectivity index (χ2n) is 6.84. The molecule has 3 nitrogen and oxygen atoms in total. The van der Waals surface area contributed by atoms with Gasteiger partial charge in [0.05, 0.1) is 15.1 Å². The predicted molar refractivity (Wildman–Crippen MR) is 131 cm³/mol. The molecule has 31 heavy (non-hydrogen) atoms. The summed E-state index contributed by atoms with van der Waals surface area (Å²) in [4.78, 5) is 17.2. The van der Waals surface area contributed by atoms with Crippen molar-refractivity contribution in [3.05, 3.63) is 129 Å². The third-order valence-corrected chi connectivity index (χ3v) is 7.17. The summed E-state index contributed by atoms with van der Waals surface area (Å²) >= 11 is 3.18. The van der Waals surface area contributed by atoms with Gasteiger partial charge in [0.15, 0.2) is 0 Å². The van der Waals surface area contributed by atoms with E-state index < -0.39 is 4.75 Å². The summed E-state index contributed by atoms with van der Waals surface area (Å²) in [5.74, 6) is -0.175. The minimum atomic E-state index is -0.432. The Balaban J connectivity index is 1.83. The number of aromatic nitrogens is 1. The molecule has 1 heterocycles. The number of thiazole rings is 1. The van der Waals surface area contributed by atoms with Crippen molar-refractivity contribution in [3.8, 4) is 0 Å². The van der Waals surface area contributed by atoms with E-state index in [1.807, 2.05) is 24.3 Å². The van der Waals surface area contributed by atoms with Crippen LogP contribution in [0.1, 0.15) is 32.1 Å². The summed E-state index contributed by atoms with van der Waals surface area (Å²) in [6.07, 6.45) is 1.98. The van der Waals surface area contributed by atoms with Crippen LogP contribution in [0.2, 0.25) is 0 Å². The van der Waals surface area contributed by atoms with E-state index in [9.17, 15) is 4.79 Å². The Labute approximate surface area is 190 Å². The van der Waals surface area contributed by atoms with Crippen LogP contribution in [-0.4, -0.2) is 17.9 Å². The molecular formula is C26H22N2OS2. The first-order chi connectivity index (χ1) is 15.3. The third kappa shape index (κ3) is 4.33. The van der Waals surface area contributed by atoms with Gasteiger partial charge in [0.2, 0.25) is 0 Å².